The van der Waals surface area contributed by atoms with E-state index in [-0.39, 0.29) is 11.7 Å². The van der Waals surface area contributed by atoms with Crippen molar-refractivity contribution >= 4 is 5.78 Å². The van der Waals surface area contributed by atoms with Crippen molar-refractivity contribution in [2.45, 2.75) is 18.8 Å². The van der Waals surface area contributed by atoms with Crippen molar-refractivity contribution in [2.75, 3.05) is 6.61 Å². The van der Waals surface area contributed by atoms with E-state index in [1.54, 1.807) is 12.4 Å². The van der Waals surface area contributed by atoms with Crippen LogP contribution in [-0.4, -0.2) is 17.4 Å². The van der Waals surface area contributed by atoms with Gasteiger partial charge in [0.15, 0.2) is 0 Å². The molecule has 3 rings (SSSR count). The Morgan fingerprint density at radius 2 is 2.16 bits per heavy atom. The zero-order valence-corrected chi connectivity index (χ0v) is 10.6. The van der Waals surface area contributed by atoms with Crippen molar-refractivity contribution < 1.29 is 9.53 Å². The third-order valence-corrected chi connectivity index (χ3v) is 3.45. The molecule has 1 atom stereocenters. The highest BCUT2D eigenvalue weighted by Gasteiger charge is 2.27. The van der Waals surface area contributed by atoms with E-state index in [0.29, 0.717) is 13.0 Å². The molecular formula is C16H15NO2. The first kappa shape index (κ1) is 11.9. The Labute approximate surface area is 112 Å². The van der Waals surface area contributed by atoms with Gasteiger partial charge in [-0.25, -0.2) is 0 Å². The van der Waals surface area contributed by atoms with Crippen molar-refractivity contribution in [2.24, 2.45) is 0 Å². The van der Waals surface area contributed by atoms with Crippen LogP contribution in [0.5, 0.6) is 5.75 Å². The Hall–Kier alpha value is -2.16. The van der Waals surface area contributed by atoms with Crippen molar-refractivity contribution in [1.82, 2.24) is 4.98 Å². The molecule has 0 aliphatic carbocycles. The number of carbonyl (C=O) groups is 1. The number of carbonyl (C=O) groups excluding carboxylic acids is 1. The summed E-state index contributed by atoms with van der Waals surface area (Å²) in [6, 6.07) is 11.6. The molecule has 0 bridgehead atoms. The van der Waals surface area contributed by atoms with Crippen LogP contribution in [0.25, 0.3) is 0 Å². The number of rotatable bonds is 3. The third-order valence-electron chi connectivity index (χ3n) is 3.45. The predicted molar refractivity (Wildman–Crippen MR) is 72.2 cm³/mol. The molecule has 1 aliphatic rings. The van der Waals surface area contributed by atoms with E-state index in [4.69, 9.17) is 4.74 Å². The lowest BCUT2D eigenvalue weighted by molar-refractivity contribution is -0.120. The van der Waals surface area contributed by atoms with Gasteiger partial charge in [0.1, 0.15) is 11.5 Å². The molecule has 1 unspecified atom stereocenters. The quantitative estimate of drug-likeness (QED) is 0.844. The molecule has 0 fully saturated rings. The number of para-hydroxylation sites is 1. The highest BCUT2D eigenvalue weighted by atomic mass is 16.5. The third kappa shape index (κ3) is 2.50. The van der Waals surface area contributed by atoms with Gasteiger partial charge in [0, 0.05) is 30.3 Å². The number of pyridine rings is 1. The second-order valence-corrected chi connectivity index (χ2v) is 4.73. The monoisotopic (exact) mass is 253 g/mol. The second kappa shape index (κ2) is 5.22. The predicted octanol–water partition coefficient (Wildman–Crippen LogP) is 2.76. The molecule has 0 amide bonds. The highest BCUT2D eigenvalue weighted by Crippen LogP contribution is 2.34. The fourth-order valence-corrected chi connectivity index (χ4v) is 2.50. The number of hydrogen-bond acceptors (Lipinski definition) is 3. The Balaban J connectivity index is 1.82. The van der Waals surface area contributed by atoms with E-state index >= 15 is 0 Å². The Morgan fingerprint density at radius 3 is 3.00 bits per heavy atom. The maximum Gasteiger partial charge on any atom is 0.145 e. The first-order valence-corrected chi connectivity index (χ1v) is 6.48. The summed E-state index contributed by atoms with van der Waals surface area (Å²) in [5, 5.41) is 0. The normalized spacial score (nSPS) is 17.4. The van der Waals surface area contributed by atoms with Gasteiger partial charge in [0.2, 0.25) is 0 Å². The van der Waals surface area contributed by atoms with Crippen LogP contribution in [-0.2, 0) is 11.2 Å². The summed E-state index contributed by atoms with van der Waals surface area (Å²) in [7, 11) is 0. The molecule has 2 aromatic rings. The molecule has 0 N–H and O–H groups in total. The number of nitrogens with zero attached hydrogens (tertiary/aromatic N) is 1. The zero-order valence-electron chi connectivity index (χ0n) is 10.6. The molecule has 0 saturated heterocycles. The van der Waals surface area contributed by atoms with Gasteiger partial charge >= 0.3 is 0 Å². The van der Waals surface area contributed by atoms with Gasteiger partial charge in [-0.2, -0.15) is 0 Å². The van der Waals surface area contributed by atoms with Crippen LogP contribution < -0.4 is 4.74 Å². The maximum absolute atomic E-state index is 12.4. The lowest BCUT2D eigenvalue weighted by atomic mass is 9.87. The van der Waals surface area contributed by atoms with Gasteiger partial charge < -0.3 is 4.74 Å². The summed E-state index contributed by atoms with van der Waals surface area (Å²) >= 11 is 0. The molecule has 3 heteroatoms. The minimum absolute atomic E-state index is 0.0508. The molecule has 1 aromatic heterocycles. The lowest BCUT2D eigenvalue weighted by Crippen LogP contribution is -2.22. The SMILES string of the molecule is O=C(Cc1cccnc1)C1CCOc2ccccc21. The number of Topliss-reactive ketones (excluding diaryl/α,β-unsaturated/α-hetero) is 1. The van der Waals surface area contributed by atoms with Gasteiger partial charge in [-0.15, -0.1) is 0 Å². The van der Waals surface area contributed by atoms with E-state index in [2.05, 4.69) is 4.98 Å². The molecule has 96 valence electrons. The number of benzene rings is 1. The van der Waals surface area contributed by atoms with Crippen LogP contribution in [0.4, 0.5) is 0 Å². The number of aromatic nitrogens is 1. The zero-order chi connectivity index (χ0) is 13.1. The smallest absolute Gasteiger partial charge is 0.145 e. The maximum atomic E-state index is 12.4. The lowest BCUT2D eigenvalue weighted by Gasteiger charge is -2.24. The van der Waals surface area contributed by atoms with Crippen LogP contribution in [0.3, 0.4) is 0 Å². The largest absolute Gasteiger partial charge is 0.493 e. The second-order valence-electron chi connectivity index (χ2n) is 4.73. The summed E-state index contributed by atoms with van der Waals surface area (Å²) in [4.78, 5) is 16.5. The summed E-state index contributed by atoms with van der Waals surface area (Å²) in [5.41, 5.74) is 1.99. The number of ether oxygens (including phenoxy) is 1. The van der Waals surface area contributed by atoms with Gasteiger partial charge in [0.25, 0.3) is 0 Å². The molecule has 0 saturated carbocycles. The number of fused-ring (bicyclic) bond motifs is 1. The molecule has 2 heterocycles. The minimum atomic E-state index is -0.0508. The van der Waals surface area contributed by atoms with Gasteiger partial charge in [-0.3, -0.25) is 9.78 Å². The first-order valence-electron chi connectivity index (χ1n) is 6.48. The molecule has 0 spiro atoms. The van der Waals surface area contributed by atoms with Crippen LogP contribution in [0.15, 0.2) is 48.8 Å². The summed E-state index contributed by atoms with van der Waals surface area (Å²) in [5.74, 6) is 1.03. The molecule has 0 radical (unpaired) electrons. The van der Waals surface area contributed by atoms with E-state index in [1.165, 1.54) is 0 Å². The van der Waals surface area contributed by atoms with Crippen molar-refractivity contribution in [1.29, 1.82) is 0 Å². The van der Waals surface area contributed by atoms with E-state index in [1.807, 2.05) is 36.4 Å². The first-order chi connectivity index (χ1) is 9.34. The average Bonchev–Trinajstić information content (AvgIpc) is 2.47. The number of hydrogen-bond donors (Lipinski definition) is 0. The van der Waals surface area contributed by atoms with E-state index in [0.717, 1.165) is 23.3 Å². The average molecular weight is 253 g/mol. The van der Waals surface area contributed by atoms with Crippen molar-refractivity contribution in [3.05, 3.63) is 59.9 Å². The molecular weight excluding hydrogens is 238 g/mol. The standard InChI is InChI=1S/C16H15NO2/c18-15(10-12-4-3-8-17-11-12)13-7-9-19-16-6-2-1-5-14(13)16/h1-6,8,11,13H,7,9-10H2. The van der Waals surface area contributed by atoms with E-state index < -0.39 is 0 Å². The highest BCUT2D eigenvalue weighted by molar-refractivity contribution is 5.88. The van der Waals surface area contributed by atoms with Crippen molar-refractivity contribution in [3.8, 4) is 5.75 Å². The Bertz CT molecular complexity index is 580. The Kier molecular flexibility index (Phi) is 3.27. The van der Waals surface area contributed by atoms with Gasteiger partial charge in [0.05, 0.1) is 6.61 Å². The minimum Gasteiger partial charge on any atom is -0.493 e. The summed E-state index contributed by atoms with van der Waals surface area (Å²) < 4.78 is 5.59. The topological polar surface area (TPSA) is 39.2 Å². The van der Waals surface area contributed by atoms with Crippen LogP contribution in [0, 0.1) is 0 Å². The fraction of sp³-hybridized carbons (Fsp3) is 0.250. The summed E-state index contributed by atoms with van der Waals surface area (Å²) in [6.07, 6.45) is 4.67. The Morgan fingerprint density at radius 1 is 1.26 bits per heavy atom. The summed E-state index contributed by atoms with van der Waals surface area (Å²) in [6.45, 7) is 0.612. The molecule has 3 nitrogen and oxygen atoms in total. The van der Waals surface area contributed by atoms with E-state index in [9.17, 15) is 4.79 Å². The number of ketones is 1. The van der Waals surface area contributed by atoms with Gasteiger partial charge in [-0.05, 0) is 24.1 Å². The van der Waals surface area contributed by atoms with Gasteiger partial charge in [-0.1, -0.05) is 24.3 Å². The van der Waals surface area contributed by atoms with Crippen molar-refractivity contribution in [3.63, 3.8) is 0 Å². The van der Waals surface area contributed by atoms with Crippen LogP contribution in [0.2, 0.25) is 0 Å². The fourth-order valence-electron chi connectivity index (χ4n) is 2.50. The molecule has 1 aromatic carbocycles. The van der Waals surface area contributed by atoms with Crippen LogP contribution in [0.1, 0.15) is 23.5 Å². The van der Waals surface area contributed by atoms with Crippen LogP contribution >= 0.6 is 0 Å². The molecule has 19 heavy (non-hydrogen) atoms. The molecule has 1 aliphatic heterocycles.